The van der Waals surface area contributed by atoms with Gasteiger partial charge in [0.15, 0.2) is 0 Å². The van der Waals surface area contributed by atoms with Crippen molar-refractivity contribution in [2.24, 2.45) is 0 Å². The maximum absolute atomic E-state index is 12.3. The first kappa shape index (κ1) is 20.6. The van der Waals surface area contributed by atoms with Crippen LogP contribution in [-0.4, -0.2) is 46.8 Å². The number of carbonyl (C=O) groups is 1. The second kappa shape index (κ2) is 10.4. The summed E-state index contributed by atoms with van der Waals surface area (Å²) in [6, 6.07) is 12.9. The van der Waals surface area contributed by atoms with Crippen molar-refractivity contribution in [1.29, 1.82) is 0 Å². The summed E-state index contributed by atoms with van der Waals surface area (Å²) in [4.78, 5) is 18.8. The van der Waals surface area contributed by atoms with Crippen LogP contribution in [0.15, 0.2) is 48.7 Å². The number of carbonyl (C=O) groups excluding carboxylic acids is 1. The van der Waals surface area contributed by atoms with Gasteiger partial charge in [-0.05, 0) is 36.5 Å². The number of rotatable bonds is 7. The van der Waals surface area contributed by atoms with E-state index in [-0.39, 0.29) is 18.8 Å². The second-order valence-electron chi connectivity index (χ2n) is 7.03. The molecule has 150 valence electrons. The van der Waals surface area contributed by atoms with Crippen LogP contribution < -0.4 is 5.32 Å². The minimum absolute atomic E-state index is 0.196. The fraction of sp³-hybridized carbons (Fsp3) is 0.429. The van der Waals surface area contributed by atoms with Crippen molar-refractivity contribution in [3.8, 4) is 0 Å². The maximum atomic E-state index is 12.3. The topological polar surface area (TPSA) is 74.7 Å². The molecule has 0 saturated carbocycles. The summed E-state index contributed by atoms with van der Waals surface area (Å²) >= 11 is 5.90. The number of nitrogens with zero attached hydrogens (tertiary/aromatic N) is 2. The number of hydrogen-bond donors (Lipinski definition) is 2. The lowest BCUT2D eigenvalue weighted by Gasteiger charge is -2.30. The molecule has 2 N–H and O–H groups in total. The van der Waals surface area contributed by atoms with Crippen molar-refractivity contribution in [2.75, 3.05) is 19.6 Å². The van der Waals surface area contributed by atoms with Gasteiger partial charge in [-0.3, -0.25) is 0 Å². The zero-order valence-corrected chi connectivity index (χ0v) is 16.5. The number of amides is 1. The van der Waals surface area contributed by atoms with Crippen LogP contribution in [0.25, 0.3) is 0 Å². The van der Waals surface area contributed by atoms with Gasteiger partial charge in [-0.25, -0.2) is 9.78 Å². The van der Waals surface area contributed by atoms with Crippen LogP contribution in [0, 0.1) is 0 Å². The minimum atomic E-state index is -0.460. The molecular weight excluding hydrogens is 378 g/mol. The van der Waals surface area contributed by atoms with Gasteiger partial charge in [0.1, 0.15) is 11.8 Å². The molecule has 7 heteroatoms. The van der Waals surface area contributed by atoms with Crippen molar-refractivity contribution in [3.05, 3.63) is 64.9 Å². The van der Waals surface area contributed by atoms with Gasteiger partial charge in [-0.2, -0.15) is 0 Å². The summed E-state index contributed by atoms with van der Waals surface area (Å²) in [5.74, 6) is 0. The van der Waals surface area contributed by atoms with E-state index < -0.39 is 6.09 Å². The maximum Gasteiger partial charge on any atom is 0.407 e. The Kier molecular flexibility index (Phi) is 7.65. The van der Waals surface area contributed by atoms with Crippen LogP contribution in [0.5, 0.6) is 0 Å². The third-order valence-corrected chi connectivity index (χ3v) is 5.17. The van der Waals surface area contributed by atoms with Crippen molar-refractivity contribution in [3.63, 3.8) is 0 Å². The average Bonchev–Trinajstić information content (AvgIpc) is 2.72. The number of benzene rings is 1. The molecular formula is C21H26ClN3O3. The molecule has 1 aliphatic heterocycles. The molecule has 1 aromatic carbocycles. The highest BCUT2D eigenvalue weighted by molar-refractivity contribution is 6.29. The number of hydrogen-bond acceptors (Lipinski definition) is 5. The van der Waals surface area contributed by atoms with Crippen LogP contribution in [0.1, 0.15) is 36.4 Å². The first-order valence-corrected chi connectivity index (χ1v) is 9.97. The lowest BCUT2D eigenvalue weighted by Crippen LogP contribution is -2.38. The van der Waals surface area contributed by atoms with Gasteiger partial charge >= 0.3 is 6.09 Å². The van der Waals surface area contributed by atoms with Crippen LogP contribution in [0.4, 0.5) is 4.79 Å². The number of ether oxygens (including phenoxy) is 1. The van der Waals surface area contributed by atoms with E-state index in [0.29, 0.717) is 5.15 Å². The molecule has 6 nitrogen and oxygen atoms in total. The van der Waals surface area contributed by atoms with E-state index in [4.69, 9.17) is 16.3 Å². The molecule has 28 heavy (non-hydrogen) atoms. The number of halogens is 1. The Bertz CT molecular complexity index is 734. The molecule has 1 aliphatic rings. The Morgan fingerprint density at radius 3 is 2.68 bits per heavy atom. The highest BCUT2D eigenvalue weighted by atomic mass is 35.5. The number of likely N-dealkylation sites (tertiary alicyclic amines) is 1. The third-order valence-electron chi connectivity index (χ3n) is 4.95. The summed E-state index contributed by atoms with van der Waals surface area (Å²) in [5, 5.41) is 13.0. The summed E-state index contributed by atoms with van der Waals surface area (Å²) in [6.07, 6.45) is 3.33. The molecule has 1 aromatic heterocycles. The number of aliphatic hydroxyl groups is 1. The molecule has 1 saturated heterocycles. The van der Waals surface area contributed by atoms with Gasteiger partial charge in [-0.15, -0.1) is 0 Å². The SMILES string of the molecule is O=C(NC(CCN1CCC(O)CC1)c1ccc(Cl)nc1)OCc1ccccc1. The van der Waals surface area contributed by atoms with E-state index in [1.54, 1.807) is 12.3 Å². The van der Waals surface area contributed by atoms with Gasteiger partial charge in [0.25, 0.3) is 0 Å². The lowest BCUT2D eigenvalue weighted by molar-refractivity contribution is 0.0802. The molecule has 0 bridgehead atoms. The number of piperidine rings is 1. The Morgan fingerprint density at radius 1 is 1.25 bits per heavy atom. The van der Waals surface area contributed by atoms with Crippen molar-refractivity contribution >= 4 is 17.7 Å². The van der Waals surface area contributed by atoms with E-state index in [1.165, 1.54) is 0 Å². The number of aromatic nitrogens is 1. The van der Waals surface area contributed by atoms with E-state index >= 15 is 0 Å². The molecule has 3 rings (SSSR count). The van der Waals surface area contributed by atoms with E-state index in [0.717, 1.165) is 50.0 Å². The summed E-state index contributed by atoms with van der Waals surface area (Å²) in [5.41, 5.74) is 1.83. The monoisotopic (exact) mass is 403 g/mol. The predicted molar refractivity (Wildman–Crippen MR) is 108 cm³/mol. The molecule has 0 spiro atoms. The first-order chi connectivity index (χ1) is 13.6. The van der Waals surface area contributed by atoms with E-state index in [9.17, 15) is 9.90 Å². The standard InChI is InChI=1S/C21H26ClN3O3/c22-20-7-6-17(14-23-20)19(10-13-25-11-8-18(26)9-12-25)24-21(27)28-15-16-4-2-1-3-5-16/h1-7,14,18-19,26H,8-13,15H2,(H,24,27). The molecule has 2 heterocycles. The van der Waals surface area contributed by atoms with E-state index in [2.05, 4.69) is 15.2 Å². The Labute approximate surface area is 170 Å². The third kappa shape index (κ3) is 6.48. The van der Waals surface area contributed by atoms with Crippen molar-refractivity contribution in [1.82, 2.24) is 15.2 Å². The number of alkyl carbamates (subject to hydrolysis) is 1. The van der Waals surface area contributed by atoms with Gasteiger partial charge in [0.2, 0.25) is 0 Å². The fourth-order valence-corrected chi connectivity index (χ4v) is 3.39. The van der Waals surface area contributed by atoms with E-state index in [1.807, 2.05) is 36.4 Å². The molecule has 1 amide bonds. The second-order valence-corrected chi connectivity index (χ2v) is 7.42. The number of pyridine rings is 1. The normalized spacial score (nSPS) is 16.5. The first-order valence-electron chi connectivity index (χ1n) is 9.59. The van der Waals surface area contributed by atoms with Crippen LogP contribution >= 0.6 is 11.6 Å². The molecule has 2 aromatic rings. The molecule has 0 aliphatic carbocycles. The van der Waals surface area contributed by atoms with Crippen molar-refractivity contribution < 1.29 is 14.6 Å². The number of aliphatic hydroxyl groups excluding tert-OH is 1. The quantitative estimate of drug-likeness (QED) is 0.691. The Balaban J connectivity index is 1.57. The zero-order valence-electron chi connectivity index (χ0n) is 15.8. The van der Waals surface area contributed by atoms with Gasteiger partial charge in [0.05, 0.1) is 12.1 Å². The molecule has 1 unspecified atom stereocenters. The average molecular weight is 404 g/mol. The van der Waals surface area contributed by atoms with Gasteiger partial charge in [-0.1, -0.05) is 48.0 Å². The van der Waals surface area contributed by atoms with Gasteiger partial charge in [0, 0.05) is 25.8 Å². The smallest absolute Gasteiger partial charge is 0.407 e. The highest BCUT2D eigenvalue weighted by Crippen LogP contribution is 2.20. The lowest BCUT2D eigenvalue weighted by atomic mass is 10.0. The predicted octanol–water partition coefficient (Wildman–Crippen LogP) is 3.55. The van der Waals surface area contributed by atoms with Crippen LogP contribution in [0.3, 0.4) is 0 Å². The largest absolute Gasteiger partial charge is 0.445 e. The highest BCUT2D eigenvalue weighted by Gasteiger charge is 2.21. The summed E-state index contributed by atoms with van der Waals surface area (Å²) in [7, 11) is 0. The minimum Gasteiger partial charge on any atom is -0.445 e. The molecule has 1 atom stereocenters. The Morgan fingerprint density at radius 2 is 2.00 bits per heavy atom. The fourth-order valence-electron chi connectivity index (χ4n) is 3.28. The Hall–Kier alpha value is -2.15. The molecule has 0 radical (unpaired) electrons. The molecule has 1 fully saturated rings. The zero-order chi connectivity index (χ0) is 19.8. The summed E-state index contributed by atoms with van der Waals surface area (Å²) in [6.45, 7) is 2.78. The van der Waals surface area contributed by atoms with Crippen LogP contribution in [0.2, 0.25) is 5.15 Å². The van der Waals surface area contributed by atoms with Crippen LogP contribution in [-0.2, 0) is 11.3 Å². The van der Waals surface area contributed by atoms with Crippen molar-refractivity contribution in [2.45, 2.75) is 38.0 Å². The summed E-state index contributed by atoms with van der Waals surface area (Å²) < 4.78 is 5.37. The number of nitrogens with one attached hydrogen (secondary N) is 1. The van der Waals surface area contributed by atoms with Gasteiger partial charge < -0.3 is 20.1 Å².